The van der Waals surface area contributed by atoms with Gasteiger partial charge in [-0.1, -0.05) is 35.9 Å². The number of nitrogens with zero attached hydrogens (tertiary/aromatic N) is 4. The van der Waals surface area contributed by atoms with Gasteiger partial charge in [-0.3, -0.25) is 4.79 Å². The van der Waals surface area contributed by atoms with Crippen LogP contribution in [0, 0.1) is 26.2 Å². The van der Waals surface area contributed by atoms with Gasteiger partial charge in [0.15, 0.2) is 0 Å². The molecule has 1 aromatic heterocycles. The largest absolute Gasteiger partial charge is 0.344 e. The van der Waals surface area contributed by atoms with E-state index in [1.54, 1.807) is 11.6 Å². The van der Waals surface area contributed by atoms with Crippen LogP contribution >= 0.6 is 11.8 Å². The fraction of sp³-hybridized carbons (Fsp3) is 0.333. The van der Waals surface area contributed by atoms with Gasteiger partial charge in [-0.2, -0.15) is 4.68 Å². The number of terminal acetylenes is 1. The average Bonchev–Trinajstić information content (AvgIpc) is 2.92. The van der Waals surface area contributed by atoms with Crippen molar-refractivity contribution < 1.29 is 4.79 Å². The minimum Gasteiger partial charge on any atom is -0.344 e. The van der Waals surface area contributed by atoms with E-state index in [0.717, 1.165) is 16.8 Å². The lowest BCUT2D eigenvalue weighted by Gasteiger charge is -2.13. The lowest BCUT2D eigenvalue weighted by Crippen LogP contribution is -2.31. The fourth-order valence-corrected chi connectivity index (χ4v) is 2.84. The van der Waals surface area contributed by atoms with Gasteiger partial charge in [-0.05, 0) is 42.3 Å². The highest BCUT2D eigenvalue weighted by Crippen LogP contribution is 2.26. The molecule has 114 valence electrons. The number of hydrogen-bond acceptors (Lipinski definition) is 5. The zero-order valence-electron chi connectivity index (χ0n) is 12.7. The summed E-state index contributed by atoms with van der Waals surface area (Å²) in [5.41, 5.74) is 3.07. The second-order valence-electron chi connectivity index (χ2n) is 4.80. The minimum absolute atomic E-state index is 0.140. The van der Waals surface area contributed by atoms with Crippen LogP contribution in [0.3, 0.4) is 0 Å². The number of carbonyl (C=O) groups excluding carboxylic acids is 1. The molecule has 0 saturated heterocycles. The van der Waals surface area contributed by atoms with Crippen LogP contribution in [0.1, 0.15) is 18.1 Å². The second kappa shape index (κ2) is 7.09. The summed E-state index contributed by atoms with van der Waals surface area (Å²) in [5, 5.41) is 14.7. The van der Waals surface area contributed by atoms with Gasteiger partial charge >= 0.3 is 0 Å². The van der Waals surface area contributed by atoms with Crippen molar-refractivity contribution >= 4 is 17.7 Å². The van der Waals surface area contributed by atoms with Crippen molar-refractivity contribution in [3.8, 4) is 18.0 Å². The minimum atomic E-state index is -0.345. The van der Waals surface area contributed by atoms with Crippen molar-refractivity contribution in [3.05, 3.63) is 29.3 Å². The molecule has 1 unspecified atom stereocenters. The molecule has 2 aromatic rings. The van der Waals surface area contributed by atoms with E-state index in [2.05, 4.69) is 26.8 Å². The molecule has 1 atom stereocenters. The van der Waals surface area contributed by atoms with E-state index in [-0.39, 0.29) is 17.7 Å². The van der Waals surface area contributed by atoms with Crippen LogP contribution in [-0.2, 0) is 4.79 Å². The van der Waals surface area contributed by atoms with E-state index in [1.165, 1.54) is 11.8 Å². The monoisotopic (exact) mass is 315 g/mol. The molecule has 0 aliphatic carbocycles. The summed E-state index contributed by atoms with van der Waals surface area (Å²) in [6.45, 7) is 6.01. The summed E-state index contributed by atoms with van der Waals surface area (Å²) >= 11 is 1.29. The van der Waals surface area contributed by atoms with Crippen LogP contribution in [0.25, 0.3) is 5.69 Å². The second-order valence-corrected chi connectivity index (χ2v) is 6.10. The number of thioether (sulfide) groups is 1. The van der Waals surface area contributed by atoms with E-state index in [4.69, 9.17) is 6.42 Å². The summed E-state index contributed by atoms with van der Waals surface area (Å²) < 4.78 is 1.67. The van der Waals surface area contributed by atoms with E-state index >= 15 is 0 Å². The predicted molar refractivity (Wildman–Crippen MR) is 85.8 cm³/mol. The molecule has 1 amide bonds. The maximum atomic E-state index is 11.9. The highest BCUT2D eigenvalue weighted by Gasteiger charge is 2.20. The van der Waals surface area contributed by atoms with E-state index in [9.17, 15) is 4.79 Å². The van der Waals surface area contributed by atoms with Crippen LogP contribution in [-0.4, -0.2) is 37.9 Å². The topological polar surface area (TPSA) is 72.7 Å². The standard InChI is InChI=1S/C15H17N5OS/c1-5-9-16-14(21)12(4)22-15-17-18-19-20(15)13-10(2)7-6-8-11(13)3/h1,6-8,12H,9H2,2-4H3,(H,16,21). The predicted octanol–water partition coefficient (Wildman–Crippen LogP) is 1.51. The summed E-state index contributed by atoms with van der Waals surface area (Å²) in [6.07, 6.45) is 5.14. The SMILES string of the molecule is C#CCNC(=O)C(C)Sc1nnnn1-c1c(C)cccc1C. The molecule has 0 bridgehead atoms. The maximum absolute atomic E-state index is 11.9. The number of nitrogens with one attached hydrogen (secondary N) is 1. The number of benzene rings is 1. The number of amides is 1. The third kappa shape index (κ3) is 3.46. The Hall–Kier alpha value is -2.33. The van der Waals surface area contributed by atoms with E-state index in [1.807, 2.05) is 32.0 Å². The molecular formula is C15H17N5OS. The van der Waals surface area contributed by atoms with Gasteiger partial charge in [-0.15, -0.1) is 11.5 Å². The van der Waals surface area contributed by atoms with E-state index in [0.29, 0.717) is 5.16 Å². The highest BCUT2D eigenvalue weighted by atomic mass is 32.2. The van der Waals surface area contributed by atoms with E-state index < -0.39 is 0 Å². The molecule has 1 aromatic carbocycles. The van der Waals surface area contributed by atoms with Crippen LogP contribution in [0.5, 0.6) is 0 Å². The zero-order chi connectivity index (χ0) is 16.1. The number of tetrazole rings is 1. The van der Waals surface area contributed by atoms with Gasteiger partial charge in [0.05, 0.1) is 17.5 Å². The first kappa shape index (κ1) is 16.0. The number of aromatic nitrogens is 4. The zero-order valence-corrected chi connectivity index (χ0v) is 13.5. The molecule has 7 heteroatoms. The smallest absolute Gasteiger partial charge is 0.234 e. The Balaban J connectivity index is 2.24. The van der Waals surface area contributed by atoms with Crippen molar-refractivity contribution in [1.82, 2.24) is 25.5 Å². The van der Waals surface area contributed by atoms with Crippen molar-refractivity contribution in [1.29, 1.82) is 0 Å². The summed E-state index contributed by atoms with van der Waals surface area (Å²) in [7, 11) is 0. The summed E-state index contributed by atoms with van der Waals surface area (Å²) in [4.78, 5) is 11.9. The molecule has 0 fully saturated rings. The van der Waals surface area contributed by atoms with Crippen molar-refractivity contribution in [2.24, 2.45) is 0 Å². The quantitative estimate of drug-likeness (QED) is 0.669. The first-order chi connectivity index (χ1) is 10.5. The Morgan fingerprint density at radius 1 is 1.45 bits per heavy atom. The van der Waals surface area contributed by atoms with Crippen LogP contribution in [0.2, 0.25) is 0 Å². The molecule has 6 nitrogen and oxygen atoms in total. The average molecular weight is 315 g/mol. The maximum Gasteiger partial charge on any atom is 0.234 e. The van der Waals surface area contributed by atoms with Gasteiger partial charge in [0, 0.05) is 0 Å². The fourth-order valence-electron chi connectivity index (χ4n) is 2.03. The molecule has 22 heavy (non-hydrogen) atoms. The Morgan fingerprint density at radius 2 is 2.14 bits per heavy atom. The Morgan fingerprint density at radius 3 is 2.77 bits per heavy atom. The van der Waals surface area contributed by atoms with Crippen LogP contribution < -0.4 is 5.32 Å². The summed E-state index contributed by atoms with van der Waals surface area (Å²) in [6, 6.07) is 5.99. The molecular weight excluding hydrogens is 298 g/mol. The molecule has 0 aliphatic rings. The van der Waals surface area contributed by atoms with Crippen molar-refractivity contribution in [2.75, 3.05) is 6.54 Å². The third-order valence-corrected chi connectivity index (χ3v) is 4.14. The Kier molecular flexibility index (Phi) is 5.17. The molecule has 1 N–H and O–H groups in total. The number of para-hydroxylation sites is 1. The third-order valence-electron chi connectivity index (χ3n) is 3.11. The molecule has 1 heterocycles. The first-order valence-electron chi connectivity index (χ1n) is 6.77. The van der Waals surface area contributed by atoms with Gasteiger partial charge < -0.3 is 5.32 Å². The first-order valence-corrected chi connectivity index (χ1v) is 7.65. The molecule has 0 aliphatic heterocycles. The Bertz CT molecular complexity index is 699. The molecule has 0 spiro atoms. The van der Waals surface area contributed by atoms with Gasteiger partial charge in [0.25, 0.3) is 0 Å². The molecule has 0 radical (unpaired) electrons. The van der Waals surface area contributed by atoms with Gasteiger partial charge in [0.1, 0.15) is 0 Å². The van der Waals surface area contributed by atoms with Crippen LogP contribution in [0.4, 0.5) is 0 Å². The normalized spacial score (nSPS) is 11.7. The molecule has 2 rings (SSSR count). The lowest BCUT2D eigenvalue weighted by atomic mass is 10.1. The molecule has 0 saturated carbocycles. The lowest BCUT2D eigenvalue weighted by molar-refractivity contribution is -0.120. The number of aryl methyl sites for hydroxylation is 2. The summed E-state index contributed by atoms with van der Waals surface area (Å²) in [5.74, 6) is 2.24. The van der Waals surface area contributed by atoms with Crippen molar-refractivity contribution in [2.45, 2.75) is 31.2 Å². The number of hydrogen-bond donors (Lipinski definition) is 1. The van der Waals surface area contributed by atoms with Gasteiger partial charge in [-0.25, -0.2) is 0 Å². The Labute approximate surface area is 133 Å². The van der Waals surface area contributed by atoms with Crippen LogP contribution in [0.15, 0.2) is 23.4 Å². The van der Waals surface area contributed by atoms with Crippen molar-refractivity contribution in [3.63, 3.8) is 0 Å². The number of carbonyl (C=O) groups is 1. The van der Waals surface area contributed by atoms with Gasteiger partial charge in [0.2, 0.25) is 11.1 Å². The number of rotatable bonds is 5. The highest BCUT2D eigenvalue weighted by molar-refractivity contribution is 8.00.